The summed E-state index contributed by atoms with van der Waals surface area (Å²) in [5.41, 5.74) is 5.33. The van der Waals surface area contributed by atoms with Crippen LogP contribution in [0.2, 0.25) is 0 Å². The lowest BCUT2D eigenvalue weighted by Gasteiger charge is -2.15. The summed E-state index contributed by atoms with van der Waals surface area (Å²) in [5, 5.41) is 3.18. The molecular formula is C12H26N2OS. The van der Waals surface area contributed by atoms with Crippen molar-refractivity contribution < 1.29 is 4.79 Å². The van der Waals surface area contributed by atoms with Crippen molar-refractivity contribution in [3.05, 3.63) is 0 Å². The molecule has 3 N–H and O–H groups in total. The molecule has 0 heterocycles. The highest BCUT2D eigenvalue weighted by Crippen LogP contribution is 2.12. The highest BCUT2D eigenvalue weighted by atomic mass is 32.2. The second-order valence-electron chi connectivity index (χ2n) is 4.29. The van der Waals surface area contributed by atoms with Crippen LogP contribution in [0, 0.1) is 5.92 Å². The first-order valence-corrected chi connectivity index (χ1v) is 7.37. The Labute approximate surface area is 104 Å². The van der Waals surface area contributed by atoms with Crippen LogP contribution in [0.1, 0.15) is 40.0 Å². The molecule has 0 spiro atoms. The van der Waals surface area contributed by atoms with Crippen LogP contribution < -0.4 is 11.1 Å². The summed E-state index contributed by atoms with van der Waals surface area (Å²) in [6.45, 7) is 7.42. The second-order valence-corrected chi connectivity index (χ2v) is 5.44. The summed E-state index contributed by atoms with van der Waals surface area (Å²) in [7, 11) is 0. The molecular weight excluding hydrogens is 220 g/mol. The molecule has 2 atom stereocenters. The van der Waals surface area contributed by atoms with Gasteiger partial charge in [-0.25, -0.2) is 0 Å². The third kappa shape index (κ3) is 7.99. The van der Waals surface area contributed by atoms with Gasteiger partial charge in [-0.15, -0.1) is 0 Å². The number of amides is 1. The summed E-state index contributed by atoms with van der Waals surface area (Å²) in [5.74, 6) is 2.72. The average molecular weight is 246 g/mol. The Morgan fingerprint density at radius 2 is 2.12 bits per heavy atom. The summed E-state index contributed by atoms with van der Waals surface area (Å²) in [6.07, 6.45) is 3.10. The van der Waals surface area contributed by atoms with Gasteiger partial charge in [0.05, 0.1) is 6.04 Å². The van der Waals surface area contributed by atoms with Crippen molar-refractivity contribution in [2.24, 2.45) is 11.7 Å². The summed E-state index contributed by atoms with van der Waals surface area (Å²) in [4.78, 5) is 11.1. The van der Waals surface area contributed by atoms with E-state index in [4.69, 9.17) is 5.73 Å². The number of carbonyl (C=O) groups is 1. The van der Waals surface area contributed by atoms with E-state index in [0.29, 0.717) is 0 Å². The molecule has 0 aliphatic rings. The Kier molecular flexibility index (Phi) is 9.83. The smallest absolute Gasteiger partial charge is 0.234 e. The standard InChI is InChI=1S/C12H26N2OS/c1-4-7-14-11(12(13)15)6-8-16-9-10(3)5-2/h10-11,14H,4-9H2,1-3H3,(H2,13,15). The summed E-state index contributed by atoms with van der Waals surface area (Å²) < 4.78 is 0. The van der Waals surface area contributed by atoms with Gasteiger partial charge in [0.25, 0.3) is 0 Å². The predicted octanol–water partition coefficient (Wildman–Crippen LogP) is 2.01. The average Bonchev–Trinajstić information content (AvgIpc) is 2.27. The van der Waals surface area contributed by atoms with Crippen LogP contribution in [-0.2, 0) is 4.79 Å². The minimum atomic E-state index is -0.224. The summed E-state index contributed by atoms with van der Waals surface area (Å²) in [6, 6.07) is -0.149. The Morgan fingerprint density at radius 1 is 1.44 bits per heavy atom. The zero-order chi connectivity index (χ0) is 12.4. The fourth-order valence-electron chi connectivity index (χ4n) is 1.27. The molecule has 0 saturated heterocycles. The molecule has 0 radical (unpaired) electrons. The van der Waals surface area contributed by atoms with Gasteiger partial charge in [0.15, 0.2) is 0 Å². The number of hydrogen-bond donors (Lipinski definition) is 2. The van der Waals surface area contributed by atoms with Gasteiger partial charge in [0.1, 0.15) is 0 Å². The molecule has 3 nitrogen and oxygen atoms in total. The number of carbonyl (C=O) groups excluding carboxylic acids is 1. The minimum Gasteiger partial charge on any atom is -0.368 e. The van der Waals surface area contributed by atoms with Gasteiger partial charge in [0.2, 0.25) is 5.91 Å². The molecule has 4 heteroatoms. The van der Waals surface area contributed by atoms with E-state index in [2.05, 4.69) is 26.1 Å². The van der Waals surface area contributed by atoms with Crippen LogP contribution in [-0.4, -0.2) is 30.0 Å². The second kappa shape index (κ2) is 9.97. The van der Waals surface area contributed by atoms with Gasteiger partial charge in [0, 0.05) is 0 Å². The fraction of sp³-hybridized carbons (Fsp3) is 0.917. The topological polar surface area (TPSA) is 55.1 Å². The zero-order valence-electron chi connectivity index (χ0n) is 10.8. The van der Waals surface area contributed by atoms with E-state index in [1.807, 2.05) is 11.8 Å². The number of thioether (sulfide) groups is 1. The van der Waals surface area contributed by atoms with E-state index in [1.165, 1.54) is 12.2 Å². The predicted molar refractivity (Wildman–Crippen MR) is 72.7 cm³/mol. The SMILES string of the molecule is CCCNC(CCSCC(C)CC)C(N)=O. The molecule has 0 rings (SSSR count). The van der Waals surface area contributed by atoms with Gasteiger partial charge >= 0.3 is 0 Å². The first-order chi connectivity index (χ1) is 7.61. The first-order valence-electron chi connectivity index (χ1n) is 6.22. The van der Waals surface area contributed by atoms with Crippen molar-refractivity contribution in [1.29, 1.82) is 0 Å². The Morgan fingerprint density at radius 3 is 2.62 bits per heavy atom. The molecule has 0 fully saturated rings. The van der Waals surface area contributed by atoms with E-state index in [-0.39, 0.29) is 11.9 Å². The summed E-state index contributed by atoms with van der Waals surface area (Å²) >= 11 is 1.92. The van der Waals surface area contributed by atoms with Crippen LogP contribution in [0.25, 0.3) is 0 Å². The van der Waals surface area contributed by atoms with Crippen LogP contribution in [0.15, 0.2) is 0 Å². The van der Waals surface area contributed by atoms with Crippen LogP contribution in [0.4, 0.5) is 0 Å². The number of rotatable bonds is 10. The van der Waals surface area contributed by atoms with Gasteiger partial charge in [-0.1, -0.05) is 27.2 Å². The van der Waals surface area contributed by atoms with Crippen LogP contribution in [0.3, 0.4) is 0 Å². The van der Waals surface area contributed by atoms with Crippen molar-refractivity contribution in [3.8, 4) is 0 Å². The number of nitrogens with two attached hydrogens (primary N) is 1. The molecule has 0 saturated carbocycles. The van der Waals surface area contributed by atoms with Crippen molar-refractivity contribution in [2.45, 2.75) is 46.1 Å². The molecule has 0 aromatic heterocycles. The van der Waals surface area contributed by atoms with Gasteiger partial charge < -0.3 is 11.1 Å². The molecule has 0 aromatic rings. The maximum absolute atomic E-state index is 11.1. The Bertz CT molecular complexity index is 188. The molecule has 2 unspecified atom stereocenters. The number of hydrogen-bond acceptors (Lipinski definition) is 3. The molecule has 16 heavy (non-hydrogen) atoms. The first kappa shape index (κ1) is 15.8. The van der Waals surface area contributed by atoms with Gasteiger partial charge in [-0.05, 0) is 36.8 Å². The molecule has 96 valence electrons. The van der Waals surface area contributed by atoms with E-state index >= 15 is 0 Å². The highest BCUT2D eigenvalue weighted by molar-refractivity contribution is 7.99. The zero-order valence-corrected chi connectivity index (χ0v) is 11.6. The van der Waals surface area contributed by atoms with Gasteiger partial charge in [-0.2, -0.15) is 11.8 Å². The normalized spacial score (nSPS) is 14.7. The maximum Gasteiger partial charge on any atom is 0.234 e. The quantitative estimate of drug-likeness (QED) is 0.580. The van der Waals surface area contributed by atoms with Gasteiger partial charge in [-0.3, -0.25) is 4.79 Å². The van der Waals surface area contributed by atoms with Crippen molar-refractivity contribution >= 4 is 17.7 Å². The molecule has 0 aliphatic carbocycles. The third-order valence-electron chi connectivity index (χ3n) is 2.63. The Balaban J connectivity index is 3.64. The molecule has 0 bridgehead atoms. The van der Waals surface area contributed by atoms with Crippen LogP contribution in [0.5, 0.6) is 0 Å². The number of primary amides is 1. The van der Waals surface area contributed by atoms with Crippen molar-refractivity contribution in [1.82, 2.24) is 5.32 Å². The maximum atomic E-state index is 11.1. The number of nitrogens with one attached hydrogen (secondary N) is 1. The lowest BCUT2D eigenvalue weighted by atomic mass is 10.2. The van der Waals surface area contributed by atoms with Crippen molar-refractivity contribution in [2.75, 3.05) is 18.1 Å². The molecule has 0 aromatic carbocycles. The Hall–Kier alpha value is -0.220. The molecule has 0 aliphatic heterocycles. The lowest BCUT2D eigenvalue weighted by Crippen LogP contribution is -2.42. The third-order valence-corrected chi connectivity index (χ3v) is 3.96. The van der Waals surface area contributed by atoms with Crippen LogP contribution >= 0.6 is 11.8 Å². The monoisotopic (exact) mass is 246 g/mol. The largest absolute Gasteiger partial charge is 0.368 e. The minimum absolute atomic E-state index is 0.149. The lowest BCUT2D eigenvalue weighted by molar-refractivity contribution is -0.120. The highest BCUT2D eigenvalue weighted by Gasteiger charge is 2.13. The van der Waals surface area contributed by atoms with Crippen molar-refractivity contribution in [3.63, 3.8) is 0 Å². The van der Waals surface area contributed by atoms with E-state index in [9.17, 15) is 4.79 Å². The van der Waals surface area contributed by atoms with E-state index in [1.54, 1.807) is 0 Å². The fourth-order valence-corrected chi connectivity index (χ4v) is 2.47. The van der Waals surface area contributed by atoms with E-state index in [0.717, 1.165) is 31.1 Å². The molecule has 1 amide bonds. The van der Waals surface area contributed by atoms with E-state index < -0.39 is 0 Å².